The average Bonchev–Trinajstić information content (AvgIpc) is 2.66. The fourth-order valence-corrected chi connectivity index (χ4v) is 1.97. The lowest BCUT2D eigenvalue weighted by Gasteiger charge is -2.03. The Bertz CT molecular complexity index is 471. The molecule has 2 N–H and O–H groups in total. The highest BCUT2D eigenvalue weighted by atomic mass is 32.2. The van der Waals surface area contributed by atoms with E-state index in [9.17, 15) is 9.59 Å². The molecule has 0 saturated carbocycles. The summed E-state index contributed by atoms with van der Waals surface area (Å²) in [6, 6.07) is 0. The van der Waals surface area contributed by atoms with Crippen molar-refractivity contribution in [2.75, 3.05) is 12.3 Å². The van der Waals surface area contributed by atoms with E-state index in [4.69, 9.17) is 6.42 Å². The van der Waals surface area contributed by atoms with E-state index in [2.05, 4.69) is 21.4 Å². The zero-order valence-electron chi connectivity index (χ0n) is 9.52. The van der Waals surface area contributed by atoms with Crippen molar-refractivity contribution < 1.29 is 4.79 Å². The third-order valence-electron chi connectivity index (χ3n) is 1.89. The van der Waals surface area contributed by atoms with Gasteiger partial charge in [-0.3, -0.25) is 9.36 Å². The number of aromatic nitrogens is 3. The molecular weight excluding hydrogens is 240 g/mol. The van der Waals surface area contributed by atoms with E-state index in [0.717, 1.165) is 6.42 Å². The molecule has 0 aromatic carbocycles. The average molecular weight is 254 g/mol. The number of rotatable bonds is 6. The lowest BCUT2D eigenvalue weighted by Crippen LogP contribution is -2.25. The molecule has 0 bridgehead atoms. The molecule has 92 valence electrons. The number of aromatic amines is 1. The molecule has 17 heavy (non-hydrogen) atoms. The summed E-state index contributed by atoms with van der Waals surface area (Å²) in [6.45, 7) is 2.76. The van der Waals surface area contributed by atoms with Crippen LogP contribution < -0.4 is 11.0 Å². The van der Waals surface area contributed by atoms with Crippen LogP contribution in [0.4, 0.5) is 0 Å². The van der Waals surface area contributed by atoms with Crippen molar-refractivity contribution in [2.45, 2.75) is 25.0 Å². The number of carbonyl (C=O) groups excluding carboxylic acids is 1. The maximum Gasteiger partial charge on any atom is 0.343 e. The van der Waals surface area contributed by atoms with Crippen molar-refractivity contribution in [3.8, 4) is 12.3 Å². The number of thioether (sulfide) groups is 1. The second-order valence-corrected chi connectivity index (χ2v) is 4.17. The fourth-order valence-electron chi connectivity index (χ4n) is 1.16. The van der Waals surface area contributed by atoms with Gasteiger partial charge in [0.2, 0.25) is 5.91 Å². The number of amides is 1. The Morgan fingerprint density at radius 3 is 3.12 bits per heavy atom. The Kier molecular flexibility index (Phi) is 5.36. The van der Waals surface area contributed by atoms with E-state index >= 15 is 0 Å². The van der Waals surface area contributed by atoms with Crippen molar-refractivity contribution in [1.82, 2.24) is 20.1 Å². The zero-order valence-corrected chi connectivity index (χ0v) is 10.3. The number of hydrogen-bond donors (Lipinski definition) is 2. The molecular formula is C10H14N4O2S. The molecule has 1 amide bonds. The minimum absolute atomic E-state index is 0.175. The first-order valence-corrected chi connectivity index (χ1v) is 6.15. The molecule has 0 aliphatic carbocycles. The highest BCUT2D eigenvalue weighted by Crippen LogP contribution is 2.12. The highest BCUT2D eigenvalue weighted by Gasteiger charge is 2.10. The molecule has 0 fully saturated rings. The molecule has 1 aromatic heterocycles. The Morgan fingerprint density at radius 2 is 2.47 bits per heavy atom. The van der Waals surface area contributed by atoms with Gasteiger partial charge in [-0.2, -0.15) is 0 Å². The topological polar surface area (TPSA) is 79.8 Å². The van der Waals surface area contributed by atoms with E-state index in [-0.39, 0.29) is 23.9 Å². The normalized spacial score (nSPS) is 9.88. The number of terminal acetylenes is 1. The molecule has 0 saturated heterocycles. The zero-order chi connectivity index (χ0) is 12.7. The summed E-state index contributed by atoms with van der Waals surface area (Å²) in [5.74, 6) is 2.33. The van der Waals surface area contributed by atoms with Crippen molar-refractivity contribution in [2.24, 2.45) is 0 Å². The number of nitrogens with zero attached hydrogens (tertiary/aromatic N) is 2. The summed E-state index contributed by atoms with van der Waals surface area (Å²) in [5.41, 5.74) is -0.251. The minimum atomic E-state index is -0.251. The van der Waals surface area contributed by atoms with Crippen LogP contribution in [0.2, 0.25) is 0 Å². The molecule has 0 unspecified atom stereocenters. The van der Waals surface area contributed by atoms with Gasteiger partial charge in [0.25, 0.3) is 0 Å². The molecule has 0 spiro atoms. The van der Waals surface area contributed by atoms with Gasteiger partial charge in [0, 0.05) is 6.54 Å². The van der Waals surface area contributed by atoms with Crippen LogP contribution in [0, 0.1) is 12.3 Å². The monoisotopic (exact) mass is 254 g/mol. The van der Waals surface area contributed by atoms with Gasteiger partial charge in [-0.05, 0) is 6.42 Å². The first-order valence-electron chi connectivity index (χ1n) is 5.17. The summed E-state index contributed by atoms with van der Waals surface area (Å²) < 4.78 is 1.51. The highest BCUT2D eigenvalue weighted by molar-refractivity contribution is 7.99. The van der Waals surface area contributed by atoms with Gasteiger partial charge in [-0.15, -0.1) is 11.5 Å². The van der Waals surface area contributed by atoms with Gasteiger partial charge in [-0.1, -0.05) is 24.6 Å². The molecule has 0 atom stereocenters. The molecule has 1 heterocycles. The van der Waals surface area contributed by atoms with E-state index in [1.807, 2.05) is 6.92 Å². The SMILES string of the molecule is C#CCNC(=O)CSc1n[nH]c(=O)n1CCC. The van der Waals surface area contributed by atoms with Gasteiger partial charge in [-0.25, -0.2) is 9.89 Å². The maximum absolute atomic E-state index is 11.4. The van der Waals surface area contributed by atoms with E-state index in [1.54, 1.807) is 0 Å². The van der Waals surface area contributed by atoms with E-state index < -0.39 is 0 Å². The number of H-pyrrole nitrogens is 1. The summed E-state index contributed by atoms with van der Waals surface area (Å²) in [4.78, 5) is 22.6. The summed E-state index contributed by atoms with van der Waals surface area (Å²) >= 11 is 1.21. The Balaban J connectivity index is 2.55. The van der Waals surface area contributed by atoms with Crippen molar-refractivity contribution >= 4 is 17.7 Å². The van der Waals surface area contributed by atoms with Crippen molar-refractivity contribution in [3.05, 3.63) is 10.5 Å². The Labute approximate surface area is 103 Å². The number of hydrogen-bond acceptors (Lipinski definition) is 4. The number of nitrogens with one attached hydrogen (secondary N) is 2. The maximum atomic E-state index is 11.4. The Hall–Kier alpha value is -1.68. The quantitative estimate of drug-likeness (QED) is 0.545. The second kappa shape index (κ2) is 6.81. The van der Waals surface area contributed by atoms with Gasteiger partial charge in [0.1, 0.15) is 0 Å². The summed E-state index contributed by atoms with van der Waals surface area (Å²) in [6.07, 6.45) is 5.85. The molecule has 1 rings (SSSR count). The van der Waals surface area contributed by atoms with Crippen LogP contribution in [-0.4, -0.2) is 33.0 Å². The minimum Gasteiger partial charge on any atom is -0.344 e. The van der Waals surface area contributed by atoms with Crippen molar-refractivity contribution in [1.29, 1.82) is 0 Å². The molecule has 7 heteroatoms. The molecule has 0 aliphatic rings. The molecule has 0 radical (unpaired) electrons. The van der Waals surface area contributed by atoms with Crippen LogP contribution in [0.15, 0.2) is 9.95 Å². The van der Waals surface area contributed by atoms with Crippen LogP contribution in [0.3, 0.4) is 0 Å². The van der Waals surface area contributed by atoms with Crippen molar-refractivity contribution in [3.63, 3.8) is 0 Å². The predicted molar refractivity (Wildman–Crippen MR) is 65.7 cm³/mol. The predicted octanol–water partition coefficient (Wildman–Crippen LogP) is -0.177. The van der Waals surface area contributed by atoms with Crippen LogP contribution in [0.1, 0.15) is 13.3 Å². The molecule has 1 aromatic rings. The van der Waals surface area contributed by atoms with Gasteiger partial charge in [0.05, 0.1) is 12.3 Å². The third-order valence-corrected chi connectivity index (χ3v) is 2.87. The summed E-state index contributed by atoms with van der Waals surface area (Å²) in [5, 5.41) is 9.28. The van der Waals surface area contributed by atoms with E-state index in [1.165, 1.54) is 16.3 Å². The lowest BCUT2D eigenvalue weighted by atomic mass is 10.5. The van der Waals surface area contributed by atoms with Gasteiger partial charge in [0.15, 0.2) is 5.16 Å². The Morgan fingerprint density at radius 1 is 1.71 bits per heavy atom. The lowest BCUT2D eigenvalue weighted by molar-refractivity contribution is -0.118. The summed E-state index contributed by atoms with van der Waals surface area (Å²) in [7, 11) is 0. The van der Waals surface area contributed by atoms with Crippen LogP contribution >= 0.6 is 11.8 Å². The van der Waals surface area contributed by atoms with Crippen LogP contribution in [0.5, 0.6) is 0 Å². The van der Waals surface area contributed by atoms with Crippen LogP contribution in [-0.2, 0) is 11.3 Å². The first-order chi connectivity index (χ1) is 8.19. The van der Waals surface area contributed by atoms with Gasteiger partial charge < -0.3 is 5.32 Å². The van der Waals surface area contributed by atoms with E-state index in [0.29, 0.717) is 11.7 Å². The fraction of sp³-hybridized carbons (Fsp3) is 0.500. The number of carbonyl (C=O) groups is 1. The standard InChI is InChI=1S/C10H14N4O2S/c1-3-5-11-8(15)7-17-10-13-12-9(16)14(10)6-4-2/h1H,4-7H2,2H3,(H,11,15)(H,12,16). The third kappa shape index (κ3) is 4.00. The largest absolute Gasteiger partial charge is 0.344 e. The smallest absolute Gasteiger partial charge is 0.343 e. The van der Waals surface area contributed by atoms with Crippen LogP contribution in [0.25, 0.3) is 0 Å². The van der Waals surface area contributed by atoms with Gasteiger partial charge >= 0.3 is 5.69 Å². The second-order valence-electron chi connectivity index (χ2n) is 3.23. The first kappa shape index (κ1) is 13.4. The molecule has 0 aliphatic heterocycles. The molecule has 6 nitrogen and oxygen atoms in total.